The number of esters is 1. The molecule has 0 heterocycles. The van der Waals surface area contributed by atoms with Crippen LogP contribution in [0.4, 0.5) is 0 Å². The number of allylic oxidation sites excluding steroid dienone is 2. The Morgan fingerprint density at radius 2 is 1.82 bits per heavy atom. The van der Waals surface area contributed by atoms with E-state index >= 15 is 0 Å². The van der Waals surface area contributed by atoms with Crippen LogP contribution < -0.4 is 0 Å². The molecule has 0 spiro atoms. The second kappa shape index (κ2) is 11.1. The van der Waals surface area contributed by atoms with Gasteiger partial charge >= 0.3 is 5.97 Å². The summed E-state index contributed by atoms with van der Waals surface area (Å²) in [5.74, 6) is 6.33. The number of carbonyl (C=O) groups is 2. The maximum absolute atomic E-state index is 11.9. The van der Waals surface area contributed by atoms with Gasteiger partial charge in [-0.25, -0.2) is 0 Å². The van der Waals surface area contributed by atoms with E-state index < -0.39 is 0 Å². The normalized spacial score (nSPS) is 14.0. The van der Waals surface area contributed by atoms with Crippen molar-refractivity contribution in [3.8, 4) is 11.8 Å². The maximum Gasteiger partial charge on any atom is 0.305 e. The molecule has 0 aromatic carbocycles. The van der Waals surface area contributed by atoms with Crippen LogP contribution in [0.3, 0.4) is 0 Å². The molecule has 0 fully saturated rings. The van der Waals surface area contributed by atoms with Crippen molar-refractivity contribution < 1.29 is 14.3 Å². The zero-order valence-electron chi connectivity index (χ0n) is 14.0. The smallest absolute Gasteiger partial charge is 0.305 e. The molecular formula is C19H28O3. The van der Waals surface area contributed by atoms with Gasteiger partial charge in [0, 0.05) is 31.3 Å². The number of ketones is 1. The van der Waals surface area contributed by atoms with E-state index in [1.807, 2.05) is 6.92 Å². The zero-order chi connectivity index (χ0) is 16.2. The molecule has 0 aromatic heterocycles. The fourth-order valence-corrected chi connectivity index (χ4v) is 2.78. The van der Waals surface area contributed by atoms with Crippen molar-refractivity contribution in [1.82, 2.24) is 0 Å². The van der Waals surface area contributed by atoms with E-state index in [9.17, 15) is 9.59 Å². The highest BCUT2D eigenvalue weighted by Crippen LogP contribution is 2.29. The fourth-order valence-electron chi connectivity index (χ4n) is 2.78. The van der Waals surface area contributed by atoms with Gasteiger partial charge in [-0.3, -0.25) is 9.59 Å². The molecule has 0 saturated heterocycles. The quantitative estimate of drug-likeness (QED) is 0.361. The Kier molecular flexibility index (Phi) is 9.30. The molecule has 0 bridgehead atoms. The Morgan fingerprint density at radius 1 is 1.09 bits per heavy atom. The second-order valence-electron chi connectivity index (χ2n) is 5.73. The molecule has 22 heavy (non-hydrogen) atoms. The molecule has 0 unspecified atom stereocenters. The third-order valence-electron chi connectivity index (χ3n) is 4.07. The summed E-state index contributed by atoms with van der Waals surface area (Å²) in [6, 6.07) is 0. The summed E-state index contributed by atoms with van der Waals surface area (Å²) < 4.78 is 4.62. The van der Waals surface area contributed by atoms with E-state index in [4.69, 9.17) is 0 Å². The first-order chi connectivity index (χ1) is 10.7. The highest BCUT2D eigenvalue weighted by molar-refractivity contribution is 5.99. The van der Waals surface area contributed by atoms with Gasteiger partial charge in [-0.1, -0.05) is 37.7 Å². The average Bonchev–Trinajstić information content (AvgIpc) is 2.87. The van der Waals surface area contributed by atoms with E-state index in [0.29, 0.717) is 25.0 Å². The first-order valence-corrected chi connectivity index (χ1v) is 8.45. The van der Waals surface area contributed by atoms with Crippen LogP contribution in [0.25, 0.3) is 0 Å². The number of carbonyl (C=O) groups excluding carboxylic acids is 2. The molecule has 0 amide bonds. The lowest BCUT2D eigenvalue weighted by Crippen LogP contribution is -1.99. The molecular weight excluding hydrogens is 276 g/mol. The largest absolute Gasteiger partial charge is 0.469 e. The number of Topliss-reactive ketones (excluding diaryl/α,β-unsaturated/α-hetero) is 1. The van der Waals surface area contributed by atoms with Crippen LogP contribution in [0, 0.1) is 11.8 Å². The summed E-state index contributed by atoms with van der Waals surface area (Å²) in [5.41, 5.74) is 2.33. The van der Waals surface area contributed by atoms with Crippen molar-refractivity contribution in [2.24, 2.45) is 0 Å². The highest BCUT2D eigenvalue weighted by atomic mass is 16.5. The number of hydrogen-bond acceptors (Lipinski definition) is 3. The van der Waals surface area contributed by atoms with E-state index in [1.54, 1.807) is 0 Å². The molecule has 3 nitrogen and oxygen atoms in total. The fraction of sp³-hybridized carbons (Fsp3) is 0.684. The van der Waals surface area contributed by atoms with Crippen LogP contribution in [-0.2, 0) is 14.3 Å². The Balaban J connectivity index is 2.22. The Morgan fingerprint density at radius 3 is 2.55 bits per heavy atom. The van der Waals surface area contributed by atoms with Gasteiger partial charge in [0.15, 0.2) is 5.78 Å². The summed E-state index contributed by atoms with van der Waals surface area (Å²) in [4.78, 5) is 22.9. The third kappa shape index (κ3) is 6.93. The van der Waals surface area contributed by atoms with Gasteiger partial charge in [-0.2, -0.15) is 0 Å². The van der Waals surface area contributed by atoms with Crippen LogP contribution in [0.2, 0.25) is 0 Å². The third-order valence-corrected chi connectivity index (χ3v) is 4.07. The van der Waals surface area contributed by atoms with Gasteiger partial charge in [0.1, 0.15) is 0 Å². The Bertz CT molecular complexity index is 463. The molecule has 0 saturated carbocycles. The van der Waals surface area contributed by atoms with E-state index in [1.165, 1.54) is 12.7 Å². The summed E-state index contributed by atoms with van der Waals surface area (Å²) >= 11 is 0. The second-order valence-corrected chi connectivity index (χ2v) is 5.73. The molecule has 0 N–H and O–H groups in total. The number of ether oxygens (including phenoxy) is 1. The van der Waals surface area contributed by atoms with Crippen molar-refractivity contribution in [2.75, 3.05) is 7.11 Å². The molecule has 1 aliphatic carbocycles. The number of unbranched alkanes of at least 4 members (excludes halogenated alkanes) is 4. The monoisotopic (exact) mass is 304 g/mol. The number of hydrogen-bond donors (Lipinski definition) is 0. The summed E-state index contributed by atoms with van der Waals surface area (Å²) in [7, 11) is 1.43. The van der Waals surface area contributed by atoms with Crippen LogP contribution in [0.5, 0.6) is 0 Å². The summed E-state index contributed by atoms with van der Waals surface area (Å²) in [6.07, 6.45) is 10.1. The van der Waals surface area contributed by atoms with Crippen LogP contribution in [0.15, 0.2) is 11.1 Å². The van der Waals surface area contributed by atoms with Crippen molar-refractivity contribution >= 4 is 11.8 Å². The Labute approximate surface area is 134 Å². The van der Waals surface area contributed by atoms with Gasteiger partial charge in [0.05, 0.1) is 7.11 Å². The van der Waals surface area contributed by atoms with Crippen molar-refractivity contribution in [3.63, 3.8) is 0 Å². The molecule has 0 aromatic rings. The first-order valence-electron chi connectivity index (χ1n) is 8.45. The number of rotatable bonds is 9. The minimum absolute atomic E-state index is 0.118. The van der Waals surface area contributed by atoms with E-state index in [2.05, 4.69) is 16.6 Å². The summed E-state index contributed by atoms with van der Waals surface area (Å²) in [5, 5.41) is 0. The van der Waals surface area contributed by atoms with Gasteiger partial charge in [-0.15, -0.1) is 5.92 Å². The predicted molar refractivity (Wildman–Crippen MR) is 88.3 cm³/mol. The van der Waals surface area contributed by atoms with Gasteiger partial charge < -0.3 is 4.74 Å². The maximum atomic E-state index is 11.9. The van der Waals surface area contributed by atoms with Gasteiger partial charge in [-0.05, 0) is 25.7 Å². The minimum atomic E-state index is -0.118. The molecule has 3 heteroatoms. The van der Waals surface area contributed by atoms with Crippen LogP contribution >= 0.6 is 0 Å². The molecule has 0 atom stereocenters. The lowest BCUT2D eigenvalue weighted by molar-refractivity contribution is -0.140. The van der Waals surface area contributed by atoms with Crippen LogP contribution in [-0.4, -0.2) is 18.9 Å². The minimum Gasteiger partial charge on any atom is -0.469 e. The molecule has 122 valence electrons. The molecule has 1 rings (SSSR count). The van der Waals surface area contributed by atoms with Crippen LogP contribution in [0.1, 0.15) is 77.6 Å². The molecule has 1 aliphatic rings. The zero-order valence-corrected chi connectivity index (χ0v) is 14.0. The SMILES string of the molecule is CCC#CCC1=C(CCCCCCCC(=O)OC)CCC1=O. The van der Waals surface area contributed by atoms with E-state index in [0.717, 1.165) is 56.9 Å². The summed E-state index contributed by atoms with van der Waals surface area (Å²) in [6.45, 7) is 2.03. The average molecular weight is 304 g/mol. The standard InChI is InChI=1S/C19H28O3/c1-3-4-8-12-17-16(14-15-18(17)20)11-9-6-5-7-10-13-19(21)22-2/h3,5-7,9-15H2,1-2H3. The van der Waals surface area contributed by atoms with Crippen molar-refractivity contribution in [1.29, 1.82) is 0 Å². The lowest BCUT2D eigenvalue weighted by Gasteiger charge is -2.05. The first kappa shape index (κ1) is 18.5. The highest BCUT2D eigenvalue weighted by Gasteiger charge is 2.21. The van der Waals surface area contributed by atoms with Crippen molar-refractivity contribution in [2.45, 2.75) is 77.6 Å². The molecule has 0 aliphatic heterocycles. The predicted octanol–water partition coefficient (Wildman–Crippen LogP) is 4.35. The van der Waals surface area contributed by atoms with E-state index in [-0.39, 0.29) is 5.97 Å². The van der Waals surface area contributed by atoms with Gasteiger partial charge in [0.25, 0.3) is 0 Å². The van der Waals surface area contributed by atoms with Crippen molar-refractivity contribution in [3.05, 3.63) is 11.1 Å². The van der Waals surface area contributed by atoms with Gasteiger partial charge in [0.2, 0.25) is 0 Å². The Hall–Kier alpha value is -1.56. The molecule has 0 radical (unpaired) electrons. The number of methoxy groups -OCH3 is 1. The lowest BCUT2D eigenvalue weighted by atomic mass is 10.0. The topological polar surface area (TPSA) is 43.4 Å².